The Morgan fingerprint density at radius 2 is 1.66 bits per heavy atom. The van der Waals surface area contributed by atoms with Gasteiger partial charge in [-0.2, -0.15) is 13.4 Å². The molecule has 0 bridgehead atoms. The summed E-state index contributed by atoms with van der Waals surface area (Å²) in [4.78, 5) is 29.1. The first-order chi connectivity index (χ1) is 17.8. The number of fused-ring (bicyclic) bond motifs is 1. The first-order valence-corrected chi connectivity index (χ1v) is 12.7. The molecule has 4 rings (SSSR count). The van der Waals surface area contributed by atoms with Gasteiger partial charge in [0.05, 0.1) is 17.7 Å². The molecule has 0 N–H and O–H groups in total. The molecule has 2 aromatic heterocycles. The molecule has 12 heteroatoms. The van der Waals surface area contributed by atoms with E-state index in [0.717, 1.165) is 28.5 Å². The van der Waals surface area contributed by atoms with Gasteiger partial charge in [0.15, 0.2) is 11.5 Å². The van der Waals surface area contributed by atoms with Gasteiger partial charge in [-0.1, -0.05) is 17.7 Å². The fourth-order valence-corrected chi connectivity index (χ4v) is 5.50. The molecule has 4 aromatic rings. The van der Waals surface area contributed by atoms with Crippen molar-refractivity contribution in [2.24, 2.45) is 0 Å². The van der Waals surface area contributed by atoms with Crippen LogP contribution in [0, 0.1) is 38.2 Å². The van der Waals surface area contributed by atoms with Gasteiger partial charge in [-0.15, -0.1) is 0 Å². The van der Waals surface area contributed by atoms with Crippen LogP contribution in [-0.4, -0.2) is 30.5 Å². The minimum absolute atomic E-state index is 0.0870. The molecule has 0 saturated heterocycles. The second-order valence-electron chi connectivity index (χ2n) is 8.47. The zero-order chi connectivity index (χ0) is 27.9. The predicted octanol–water partition coefficient (Wildman–Crippen LogP) is 4.67. The van der Waals surface area contributed by atoms with Crippen LogP contribution in [0.2, 0.25) is 0 Å². The molecule has 0 saturated carbocycles. The number of halogens is 3. The topological polar surface area (TPSA) is 105 Å². The van der Waals surface area contributed by atoms with Crippen LogP contribution in [-0.2, 0) is 14.9 Å². The van der Waals surface area contributed by atoms with Crippen molar-refractivity contribution in [2.75, 3.05) is 6.61 Å². The average molecular weight is 547 g/mol. The lowest BCUT2D eigenvalue weighted by molar-refractivity contribution is 0.0524. The minimum atomic E-state index is -4.60. The molecule has 38 heavy (non-hydrogen) atoms. The molecule has 0 atom stereocenters. The number of esters is 1. The Bertz CT molecular complexity index is 1760. The van der Waals surface area contributed by atoms with Crippen LogP contribution in [0.25, 0.3) is 16.7 Å². The second kappa shape index (κ2) is 9.93. The second-order valence-corrected chi connectivity index (χ2v) is 9.95. The van der Waals surface area contributed by atoms with Crippen LogP contribution in [0.3, 0.4) is 0 Å². The van der Waals surface area contributed by atoms with Crippen molar-refractivity contribution in [1.29, 1.82) is 0 Å². The number of carbonyl (C=O) groups excluding carboxylic acids is 1. The van der Waals surface area contributed by atoms with E-state index in [0.29, 0.717) is 23.3 Å². The third kappa shape index (κ3) is 4.86. The Morgan fingerprint density at radius 1 is 1.00 bits per heavy atom. The number of rotatable bonds is 6. The summed E-state index contributed by atoms with van der Waals surface area (Å²) < 4.78 is 80.5. The molecular weight excluding hydrogens is 525 g/mol. The summed E-state index contributed by atoms with van der Waals surface area (Å²) in [7, 11) is -4.60. The third-order valence-corrected chi connectivity index (χ3v) is 7.13. The van der Waals surface area contributed by atoms with E-state index in [2.05, 4.69) is 4.98 Å². The van der Waals surface area contributed by atoms with E-state index < -0.39 is 61.4 Å². The van der Waals surface area contributed by atoms with E-state index in [1.165, 1.54) is 6.92 Å². The molecule has 0 fully saturated rings. The summed E-state index contributed by atoms with van der Waals surface area (Å²) in [6.45, 7) is 6.29. The first-order valence-electron chi connectivity index (χ1n) is 11.2. The highest BCUT2D eigenvalue weighted by Crippen LogP contribution is 2.29. The number of benzene rings is 2. The van der Waals surface area contributed by atoms with Gasteiger partial charge < -0.3 is 8.92 Å². The third-order valence-electron chi connectivity index (χ3n) is 5.61. The van der Waals surface area contributed by atoms with Crippen molar-refractivity contribution >= 4 is 27.1 Å². The molecule has 0 radical (unpaired) electrons. The van der Waals surface area contributed by atoms with Gasteiger partial charge in [-0.25, -0.2) is 18.0 Å². The standard InChI is InChI=1S/C26H21F3N2O6S/c1-5-36-26(33)18-12-31(21-7-6-16(27)10-19(21)28)24-17(22(18)32)11-20(29)25(30-24)37-38(34,35)23-14(3)8-13(2)9-15(23)4/h6-12H,5H2,1-4H3. The van der Waals surface area contributed by atoms with Crippen molar-refractivity contribution in [3.63, 3.8) is 0 Å². The molecule has 2 heterocycles. The predicted molar refractivity (Wildman–Crippen MR) is 132 cm³/mol. The minimum Gasteiger partial charge on any atom is -0.462 e. The Kier molecular flexibility index (Phi) is 7.02. The lowest BCUT2D eigenvalue weighted by Crippen LogP contribution is -2.22. The molecular formula is C26H21F3N2O6S. The number of pyridine rings is 2. The maximum absolute atomic E-state index is 15.1. The summed E-state index contributed by atoms with van der Waals surface area (Å²) in [5.41, 5.74) is -0.866. The molecule has 8 nitrogen and oxygen atoms in total. The zero-order valence-corrected chi connectivity index (χ0v) is 21.5. The van der Waals surface area contributed by atoms with Crippen molar-refractivity contribution in [3.05, 3.63) is 92.5 Å². The van der Waals surface area contributed by atoms with Crippen LogP contribution < -0.4 is 9.61 Å². The number of aryl methyl sites for hydroxylation is 3. The Labute approximate surface area is 215 Å². The monoisotopic (exact) mass is 546 g/mol. The van der Waals surface area contributed by atoms with Gasteiger partial charge in [-0.05, 0) is 57.0 Å². The molecule has 198 valence electrons. The molecule has 0 aliphatic heterocycles. The molecule has 0 amide bonds. The number of hydrogen-bond acceptors (Lipinski definition) is 7. The summed E-state index contributed by atoms with van der Waals surface area (Å²) in [5.74, 6) is -5.41. The fraction of sp³-hybridized carbons (Fsp3) is 0.192. The van der Waals surface area contributed by atoms with Crippen molar-refractivity contribution in [1.82, 2.24) is 9.55 Å². The highest BCUT2D eigenvalue weighted by molar-refractivity contribution is 7.87. The Morgan fingerprint density at radius 3 is 2.26 bits per heavy atom. The van der Waals surface area contributed by atoms with Crippen molar-refractivity contribution < 1.29 is 35.3 Å². The average Bonchev–Trinajstić information content (AvgIpc) is 2.80. The van der Waals surface area contributed by atoms with Gasteiger partial charge in [0.1, 0.15) is 22.1 Å². The number of carbonyl (C=O) groups is 1. The molecule has 2 aromatic carbocycles. The number of aromatic nitrogens is 2. The zero-order valence-electron chi connectivity index (χ0n) is 20.6. The summed E-state index contributed by atoms with van der Waals surface area (Å²) in [5, 5.41) is -0.496. The van der Waals surface area contributed by atoms with Crippen LogP contribution in [0.5, 0.6) is 5.88 Å². The van der Waals surface area contributed by atoms with Crippen LogP contribution in [0.1, 0.15) is 34.0 Å². The normalized spacial score (nSPS) is 11.6. The summed E-state index contributed by atoms with van der Waals surface area (Å²) >= 11 is 0. The Balaban J connectivity index is 1.99. The quantitative estimate of drug-likeness (QED) is 0.256. The van der Waals surface area contributed by atoms with Crippen LogP contribution in [0.4, 0.5) is 13.2 Å². The maximum atomic E-state index is 15.1. The number of nitrogens with zero attached hydrogens (tertiary/aromatic N) is 2. The lowest BCUT2D eigenvalue weighted by Gasteiger charge is -2.16. The summed E-state index contributed by atoms with van der Waals surface area (Å²) in [6, 6.07) is 6.33. The number of hydrogen-bond donors (Lipinski definition) is 0. The number of ether oxygens (including phenoxy) is 1. The molecule has 0 unspecified atom stereocenters. The fourth-order valence-electron chi connectivity index (χ4n) is 4.19. The lowest BCUT2D eigenvalue weighted by atomic mass is 10.1. The van der Waals surface area contributed by atoms with E-state index in [9.17, 15) is 26.8 Å². The van der Waals surface area contributed by atoms with E-state index in [-0.39, 0.29) is 17.2 Å². The smallest absolute Gasteiger partial charge is 0.343 e. The van der Waals surface area contributed by atoms with Crippen LogP contribution in [0.15, 0.2) is 52.3 Å². The van der Waals surface area contributed by atoms with E-state index in [1.54, 1.807) is 32.9 Å². The first kappa shape index (κ1) is 26.9. The van der Waals surface area contributed by atoms with Crippen molar-refractivity contribution in [3.8, 4) is 11.6 Å². The maximum Gasteiger partial charge on any atom is 0.343 e. The van der Waals surface area contributed by atoms with E-state index in [1.807, 2.05) is 0 Å². The van der Waals surface area contributed by atoms with Gasteiger partial charge in [0.25, 0.3) is 5.88 Å². The summed E-state index contributed by atoms with van der Waals surface area (Å²) in [6.07, 6.45) is 0.899. The van der Waals surface area contributed by atoms with Crippen LogP contribution >= 0.6 is 0 Å². The van der Waals surface area contributed by atoms with E-state index in [4.69, 9.17) is 8.92 Å². The molecule has 0 aliphatic rings. The largest absolute Gasteiger partial charge is 0.462 e. The van der Waals surface area contributed by atoms with Gasteiger partial charge >= 0.3 is 16.1 Å². The molecule has 0 aliphatic carbocycles. The Hall–Kier alpha value is -4.19. The van der Waals surface area contributed by atoms with E-state index >= 15 is 4.39 Å². The highest BCUT2D eigenvalue weighted by atomic mass is 32.2. The van der Waals surface area contributed by atoms with Gasteiger partial charge in [0, 0.05) is 12.3 Å². The van der Waals surface area contributed by atoms with Gasteiger partial charge in [0.2, 0.25) is 5.43 Å². The SMILES string of the molecule is CCOC(=O)c1cn(-c2ccc(F)cc2F)c2nc(OS(=O)(=O)c3c(C)cc(C)cc3C)c(F)cc2c1=O. The van der Waals surface area contributed by atoms with Crippen molar-refractivity contribution in [2.45, 2.75) is 32.6 Å². The van der Waals surface area contributed by atoms with Gasteiger partial charge in [-0.3, -0.25) is 9.36 Å². The molecule has 0 spiro atoms. The highest BCUT2D eigenvalue weighted by Gasteiger charge is 2.27.